The molecule has 0 aliphatic heterocycles. The molecule has 0 unspecified atom stereocenters. The third-order valence-electron chi connectivity index (χ3n) is 4.23. The molecule has 0 saturated carbocycles. The zero-order valence-electron chi connectivity index (χ0n) is 16.2. The van der Waals surface area contributed by atoms with E-state index in [-0.39, 0.29) is 12.4 Å². The summed E-state index contributed by atoms with van der Waals surface area (Å²) in [5.74, 6) is -0.581. The molecule has 0 fully saturated rings. The van der Waals surface area contributed by atoms with E-state index in [1.807, 2.05) is 67.6 Å². The normalized spacial score (nSPS) is 10.6. The van der Waals surface area contributed by atoms with E-state index in [2.05, 4.69) is 26.0 Å². The molecule has 4 aromatic rings. The molecule has 30 heavy (non-hydrogen) atoms. The second kappa shape index (κ2) is 8.39. The second-order valence-corrected chi connectivity index (χ2v) is 6.59. The van der Waals surface area contributed by atoms with Gasteiger partial charge in [-0.3, -0.25) is 25.1 Å². The van der Waals surface area contributed by atoms with Crippen molar-refractivity contribution >= 4 is 11.8 Å². The molecule has 2 aromatic heterocycles. The molecule has 0 aliphatic rings. The fourth-order valence-corrected chi connectivity index (χ4v) is 2.85. The SMILES string of the molecule is Cc1cnn(CC(=O)NNC(=O)c2nc(-c3ccccc3)n(-c3ccccc3)n2)c1. The van der Waals surface area contributed by atoms with Gasteiger partial charge in [-0.2, -0.15) is 5.10 Å². The maximum atomic E-state index is 12.5. The minimum absolute atomic E-state index is 0.0186. The zero-order chi connectivity index (χ0) is 20.9. The smallest absolute Gasteiger partial charge is 0.271 e. The van der Waals surface area contributed by atoms with Gasteiger partial charge in [0, 0.05) is 11.8 Å². The molecular weight excluding hydrogens is 382 g/mol. The molecule has 150 valence electrons. The highest BCUT2D eigenvalue weighted by molar-refractivity contribution is 5.92. The van der Waals surface area contributed by atoms with E-state index in [1.165, 1.54) is 4.68 Å². The van der Waals surface area contributed by atoms with Crippen LogP contribution in [-0.2, 0) is 11.3 Å². The largest absolute Gasteiger partial charge is 0.309 e. The van der Waals surface area contributed by atoms with Crippen LogP contribution in [0.4, 0.5) is 0 Å². The minimum atomic E-state index is -0.619. The molecule has 9 heteroatoms. The van der Waals surface area contributed by atoms with Gasteiger partial charge in [0.25, 0.3) is 5.91 Å². The first-order chi connectivity index (χ1) is 14.6. The Morgan fingerprint density at radius 1 is 0.967 bits per heavy atom. The van der Waals surface area contributed by atoms with E-state index in [1.54, 1.807) is 17.1 Å². The first-order valence-corrected chi connectivity index (χ1v) is 9.26. The zero-order valence-corrected chi connectivity index (χ0v) is 16.2. The van der Waals surface area contributed by atoms with E-state index < -0.39 is 11.8 Å². The number of benzene rings is 2. The lowest BCUT2D eigenvalue weighted by molar-refractivity contribution is -0.122. The lowest BCUT2D eigenvalue weighted by Gasteiger charge is -2.05. The summed E-state index contributed by atoms with van der Waals surface area (Å²) in [6.07, 6.45) is 3.38. The van der Waals surface area contributed by atoms with Crippen molar-refractivity contribution in [3.05, 3.63) is 84.4 Å². The van der Waals surface area contributed by atoms with Crippen LogP contribution in [0.2, 0.25) is 0 Å². The fraction of sp³-hybridized carbons (Fsp3) is 0.0952. The van der Waals surface area contributed by atoms with E-state index in [9.17, 15) is 9.59 Å². The Morgan fingerprint density at radius 3 is 2.33 bits per heavy atom. The van der Waals surface area contributed by atoms with Crippen molar-refractivity contribution in [3.8, 4) is 17.1 Å². The monoisotopic (exact) mass is 401 g/mol. The number of carbonyl (C=O) groups is 2. The van der Waals surface area contributed by atoms with Crippen LogP contribution >= 0.6 is 0 Å². The highest BCUT2D eigenvalue weighted by Gasteiger charge is 2.19. The van der Waals surface area contributed by atoms with Crippen LogP contribution in [0.15, 0.2) is 73.1 Å². The van der Waals surface area contributed by atoms with E-state index >= 15 is 0 Å². The Bertz CT molecular complexity index is 1110. The van der Waals surface area contributed by atoms with Gasteiger partial charge < -0.3 is 0 Å². The van der Waals surface area contributed by atoms with Crippen LogP contribution in [0.3, 0.4) is 0 Å². The molecule has 0 bridgehead atoms. The number of amides is 2. The topological polar surface area (TPSA) is 107 Å². The molecular formula is C21H19N7O2. The van der Waals surface area contributed by atoms with Crippen molar-refractivity contribution in [3.63, 3.8) is 0 Å². The third kappa shape index (κ3) is 4.25. The number of para-hydroxylation sites is 1. The summed E-state index contributed by atoms with van der Waals surface area (Å²) < 4.78 is 3.07. The fourth-order valence-electron chi connectivity index (χ4n) is 2.85. The summed E-state index contributed by atoms with van der Waals surface area (Å²) in [7, 11) is 0. The number of carbonyl (C=O) groups excluding carboxylic acids is 2. The number of aryl methyl sites for hydroxylation is 1. The Morgan fingerprint density at radius 2 is 1.67 bits per heavy atom. The molecule has 0 saturated heterocycles. The molecule has 0 atom stereocenters. The van der Waals surface area contributed by atoms with Crippen molar-refractivity contribution in [1.29, 1.82) is 0 Å². The van der Waals surface area contributed by atoms with Gasteiger partial charge in [0.05, 0.1) is 11.9 Å². The van der Waals surface area contributed by atoms with Crippen molar-refractivity contribution < 1.29 is 9.59 Å². The lowest BCUT2D eigenvalue weighted by Crippen LogP contribution is -2.43. The minimum Gasteiger partial charge on any atom is -0.271 e. The average molecular weight is 401 g/mol. The summed E-state index contributed by atoms with van der Waals surface area (Å²) in [4.78, 5) is 29.0. The summed E-state index contributed by atoms with van der Waals surface area (Å²) in [5, 5.41) is 8.38. The summed E-state index contributed by atoms with van der Waals surface area (Å²) in [6.45, 7) is 1.86. The third-order valence-corrected chi connectivity index (χ3v) is 4.23. The summed E-state index contributed by atoms with van der Waals surface area (Å²) in [6, 6.07) is 18.8. The summed E-state index contributed by atoms with van der Waals surface area (Å²) >= 11 is 0. The van der Waals surface area contributed by atoms with Crippen molar-refractivity contribution in [2.24, 2.45) is 0 Å². The standard InChI is InChI=1S/C21H19N7O2/c1-15-12-22-27(13-15)14-18(29)24-25-21(30)19-23-20(16-8-4-2-5-9-16)28(26-19)17-10-6-3-7-11-17/h2-13H,14H2,1H3,(H,24,29)(H,25,30). The van der Waals surface area contributed by atoms with Crippen LogP contribution in [-0.4, -0.2) is 36.4 Å². The van der Waals surface area contributed by atoms with Gasteiger partial charge in [-0.1, -0.05) is 48.5 Å². The highest BCUT2D eigenvalue weighted by atomic mass is 16.2. The highest BCUT2D eigenvalue weighted by Crippen LogP contribution is 2.20. The van der Waals surface area contributed by atoms with Gasteiger partial charge in [0.2, 0.25) is 5.82 Å². The molecule has 0 radical (unpaired) electrons. The number of rotatable bonds is 5. The van der Waals surface area contributed by atoms with Gasteiger partial charge in [0.15, 0.2) is 5.82 Å². The molecule has 0 aliphatic carbocycles. The van der Waals surface area contributed by atoms with Crippen molar-refractivity contribution in [2.75, 3.05) is 0 Å². The maximum absolute atomic E-state index is 12.5. The predicted octanol–water partition coefficient (Wildman–Crippen LogP) is 1.90. The second-order valence-electron chi connectivity index (χ2n) is 6.59. The molecule has 2 amide bonds. The van der Waals surface area contributed by atoms with Crippen LogP contribution in [0.1, 0.15) is 16.2 Å². The van der Waals surface area contributed by atoms with Crippen molar-refractivity contribution in [1.82, 2.24) is 35.4 Å². The number of hydrogen-bond donors (Lipinski definition) is 2. The quantitative estimate of drug-likeness (QED) is 0.497. The van der Waals surface area contributed by atoms with Gasteiger partial charge >= 0.3 is 5.91 Å². The maximum Gasteiger partial charge on any atom is 0.309 e. The van der Waals surface area contributed by atoms with Crippen LogP contribution in [0.5, 0.6) is 0 Å². The van der Waals surface area contributed by atoms with E-state index in [0.717, 1.165) is 16.8 Å². The first-order valence-electron chi connectivity index (χ1n) is 9.26. The average Bonchev–Trinajstić information content (AvgIpc) is 3.40. The Kier molecular flexibility index (Phi) is 5.33. The first kappa shape index (κ1) is 19.1. The number of nitrogens with zero attached hydrogens (tertiary/aromatic N) is 5. The summed E-state index contributed by atoms with van der Waals surface area (Å²) in [5.41, 5.74) is 7.23. The molecule has 2 aromatic carbocycles. The molecule has 0 spiro atoms. The number of nitrogens with one attached hydrogen (secondary N) is 2. The van der Waals surface area contributed by atoms with E-state index in [4.69, 9.17) is 0 Å². The van der Waals surface area contributed by atoms with Crippen molar-refractivity contribution in [2.45, 2.75) is 13.5 Å². The van der Waals surface area contributed by atoms with Crippen LogP contribution in [0, 0.1) is 6.92 Å². The number of aromatic nitrogens is 5. The Balaban J connectivity index is 1.53. The molecule has 4 rings (SSSR count). The molecule has 2 heterocycles. The van der Waals surface area contributed by atoms with Gasteiger partial charge in [0.1, 0.15) is 6.54 Å². The lowest BCUT2D eigenvalue weighted by atomic mass is 10.2. The number of hydrogen-bond acceptors (Lipinski definition) is 5. The van der Waals surface area contributed by atoms with Gasteiger partial charge in [-0.05, 0) is 24.6 Å². The Hall–Kier alpha value is -4.27. The molecule has 9 nitrogen and oxygen atoms in total. The van der Waals surface area contributed by atoms with E-state index in [0.29, 0.717) is 5.82 Å². The predicted molar refractivity (Wildman–Crippen MR) is 109 cm³/mol. The van der Waals surface area contributed by atoms with Crippen LogP contribution in [0.25, 0.3) is 17.1 Å². The van der Waals surface area contributed by atoms with Crippen LogP contribution < -0.4 is 10.9 Å². The Labute approximate surface area is 172 Å². The molecule has 2 N–H and O–H groups in total. The van der Waals surface area contributed by atoms with Gasteiger partial charge in [-0.15, -0.1) is 5.10 Å². The number of hydrazine groups is 1. The van der Waals surface area contributed by atoms with Gasteiger partial charge in [-0.25, -0.2) is 9.67 Å².